The van der Waals surface area contributed by atoms with Gasteiger partial charge in [0.05, 0.1) is 13.7 Å². The minimum absolute atomic E-state index is 0. The van der Waals surface area contributed by atoms with Gasteiger partial charge in [0.25, 0.3) is 0 Å². The number of aliphatic imine (C=N–C) groups is 1. The van der Waals surface area contributed by atoms with Crippen LogP contribution in [0.15, 0.2) is 29.3 Å². The molecule has 0 aliphatic heterocycles. The average molecular weight is 479 g/mol. The summed E-state index contributed by atoms with van der Waals surface area (Å²) in [5, 5.41) is 6.62. The Morgan fingerprint density at radius 1 is 1.08 bits per heavy atom. The van der Waals surface area contributed by atoms with Crippen LogP contribution < -0.4 is 20.1 Å². The van der Waals surface area contributed by atoms with Gasteiger partial charge in [-0.15, -0.1) is 24.0 Å². The highest BCUT2D eigenvalue weighted by Gasteiger charge is 2.08. The van der Waals surface area contributed by atoms with E-state index in [1.54, 1.807) is 14.2 Å². The fourth-order valence-corrected chi connectivity index (χ4v) is 2.29. The number of guanidine groups is 1. The van der Waals surface area contributed by atoms with Crippen LogP contribution in [-0.4, -0.2) is 52.5 Å². The van der Waals surface area contributed by atoms with Crippen LogP contribution in [0.2, 0.25) is 0 Å². The molecule has 1 atom stereocenters. The molecule has 0 aliphatic rings. The molecule has 1 aromatic rings. The van der Waals surface area contributed by atoms with E-state index in [-0.39, 0.29) is 30.1 Å². The molecule has 0 fully saturated rings. The summed E-state index contributed by atoms with van der Waals surface area (Å²) in [5.41, 5.74) is 0. The maximum absolute atomic E-state index is 5.93. The monoisotopic (exact) mass is 479 g/mol. The molecule has 2 N–H and O–H groups in total. The van der Waals surface area contributed by atoms with Crippen LogP contribution in [-0.2, 0) is 4.74 Å². The lowest BCUT2D eigenvalue weighted by atomic mass is 10.2. The highest BCUT2D eigenvalue weighted by atomic mass is 127. The maximum Gasteiger partial charge on any atom is 0.191 e. The van der Waals surface area contributed by atoms with Gasteiger partial charge in [0.2, 0.25) is 0 Å². The first-order valence-corrected chi connectivity index (χ1v) is 9.02. The molecule has 0 amide bonds. The molecular weight excluding hydrogens is 445 g/mol. The maximum atomic E-state index is 5.93. The third-order valence-electron chi connectivity index (χ3n) is 3.57. The van der Waals surface area contributed by atoms with Crippen molar-refractivity contribution in [3.05, 3.63) is 24.3 Å². The van der Waals surface area contributed by atoms with Gasteiger partial charge in [-0.25, -0.2) is 4.99 Å². The summed E-state index contributed by atoms with van der Waals surface area (Å²) in [6, 6.07) is 7.65. The van der Waals surface area contributed by atoms with E-state index < -0.39 is 0 Å². The van der Waals surface area contributed by atoms with Gasteiger partial charge in [0.1, 0.15) is 6.10 Å². The fourth-order valence-electron chi connectivity index (χ4n) is 2.29. The van der Waals surface area contributed by atoms with Gasteiger partial charge in [0.15, 0.2) is 17.5 Å². The van der Waals surface area contributed by atoms with Gasteiger partial charge in [0, 0.05) is 26.8 Å². The second-order valence-electron chi connectivity index (χ2n) is 5.78. The normalized spacial score (nSPS) is 12.1. The zero-order valence-corrected chi connectivity index (χ0v) is 18.7. The molecule has 26 heavy (non-hydrogen) atoms. The van der Waals surface area contributed by atoms with Gasteiger partial charge >= 0.3 is 0 Å². The number of halogens is 1. The molecule has 1 rings (SSSR count). The first-order valence-electron chi connectivity index (χ1n) is 9.02. The van der Waals surface area contributed by atoms with Crippen LogP contribution >= 0.6 is 24.0 Å². The highest BCUT2D eigenvalue weighted by Crippen LogP contribution is 2.26. The summed E-state index contributed by atoms with van der Waals surface area (Å²) in [4.78, 5) is 4.60. The number of hydrogen-bond donors (Lipinski definition) is 2. The van der Waals surface area contributed by atoms with E-state index in [0.717, 1.165) is 56.4 Å². The summed E-state index contributed by atoms with van der Waals surface area (Å²) in [7, 11) is 3.38. The van der Waals surface area contributed by atoms with Crippen LogP contribution in [0.3, 0.4) is 0 Å². The Kier molecular flexibility index (Phi) is 15.2. The Labute approximate surface area is 175 Å². The molecule has 0 radical (unpaired) electrons. The zero-order valence-electron chi connectivity index (χ0n) is 16.4. The van der Waals surface area contributed by atoms with Gasteiger partial charge in [-0.2, -0.15) is 0 Å². The van der Waals surface area contributed by atoms with Crippen molar-refractivity contribution < 1.29 is 14.2 Å². The third kappa shape index (κ3) is 10.7. The summed E-state index contributed by atoms with van der Waals surface area (Å²) < 4.78 is 16.3. The van der Waals surface area contributed by atoms with Gasteiger partial charge in [-0.1, -0.05) is 12.1 Å². The van der Waals surface area contributed by atoms with Crippen LogP contribution in [0.1, 0.15) is 33.1 Å². The molecule has 0 heterocycles. The molecule has 6 nitrogen and oxygen atoms in total. The molecule has 1 unspecified atom stereocenters. The molecule has 150 valence electrons. The average Bonchev–Trinajstić information content (AvgIpc) is 2.63. The lowest BCUT2D eigenvalue weighted by molar-refractivity contribution is 0.192. The first kappa shape index (κ1) is 24.8. The molecule has 1 aromatic carbocycles. The number of nitrogens with zero attached hydrogens (tertiary/aromatic N) is 1. The van der Waals surface area contributed by atoms with Crippen molar-refractivity contribution in [1.29, 1.82) is 0 Å². The number of benzene rings is 1. The van der Waals surface area contributed by atoms with Gasteiger partial charge in [-0.05, 0) is 45.2 Å². The molecule has 0 saturated carbocycles. The van der Waals surface area contributed by atoms with Crippen LogP contribution in [0.5, 0.6) is 11.5 Å². The smallest absolute Gasteiger partial charge is 0.191 e. The minimum atomic E-state index is -0.0477. The lowest BCUT2D eigenvalue weighted by Crippen LogP contribution is -2.38. The minimum Gasteiger partial charge on any atom is -0.493 e. The molecule has 0 aromatic heterocycles. The predicted octanol–water partition coefficient (Wildman–Crippen LogP) is 3.45. The second kappa shape index (κ2) is 16.0. The van der Waals surface area contributed by atoms with Gasteiger partial charge < -0.3 is 24.8 Å². The number of para-hydroxylation sites is 2. The zero-order chi connectivity index (χ0) is 18.3. The van der Waals surface area contributed by atoms with Gasteiger partial charge in [-0.3, -0.25) is 0 Å². The van der Waals surface area contributed by atoms with E-state index in [4.69, 9.17) is 14.2 Å². The van der Waals surface area contributed by atoms with Crippen molar-refractivity contribution in [3.63, 3.8) is 0 Å². The third-order valence-corrected chi connectivity index (χ3v) is 3.57. The van der Waals surface area contributed by atoms with E-state index in [9.17, 15) is 0 Å². The largest absolute Gasteiger partial charge is 0.493 e. The van der Waals surface area contributed by atoms with Crippen LogP contribution in [0.4, 0.5) is 0 Å². The van der Waals surface area contributed by atoms with Crippen molar-refractivity contribution in [1.82, 2.24) is 10.6 Å². The quantitative estimate of drug-likeness (QED) is 0.208. The summed E-state index contributed by atoms with van der Waals surface area (Å²) >= 11 is 0. The molecule has 0 spiro atoms. The SMILES string of the molecule is CCNC(=NCC(C)Oc1ccccc1OC)NCCCCCOC.I. The summed E-state index contributed by atoms with van der Waals surface area (Å²) in [6.45, 7) is 7.19. The van der Waals surface area contributed by atoms with Crippen molar-refractivity contribution in [2.24, 2.45) is 4.99 Å². The number of ether oxygens (including phenoxy) is 3. The molecule has 7 heteroatoms. The molecular formula is C19H34IN3O3. The molecule has 0 bridgehead atoms. The number of hydrogen-bond acceptors (Lipinski definition) is 4. The second-order valence-corrected chi connectivity index (χ2v) is 5.78. The van der Waals surface area contributed by atoms with Crippen molar-refractivity contribution in [3.8, 4) is 11.5 Å². The fraction of sp³-hybridized carbons (Fsp3) is 0.632. The number of methoxy groups -OCH3 is 2. The number of unbranched alkanes of at least 4 members (excludes halogenated alkanes) is 2. The van der Waals surface area contributed by atoms with Crippen molar-refractivity contribution in [2.75, 3.05) is 40.5 Å². The molecule has 0 saturated heterocycles. The Hall–Kier alpha value is -1.22. The highest BCUT2D eigenvalue weighted by molar-refractivity contribution is 14.0. The van der Waals surface area contributed by atoms with E-state index in [0.29, 0.717) is 6.54 Å². The van der Waals surface area contributed by atoms with Crippen molar-refractivity contribution in [2.45, 2.75) is 39.2 Å². The lowest BCUT2D eigenvalue weighted by Gasteiger charge is -2.16. The van der Waals surface area contributed by atoms with E-state index in [1.165, 1.54) is 0 Å². The standard InChI is InChI=1S/C19H33N3O3.HI/c1-5-20-19(21-13-9-6-10-14-23-3)22-15-16(2)25-18-12-8-7-11-17(18)24-4;/h7-8,11-12,16H,5-6,9-10,13-15H2,1-4H3,(H2,20,21,22);1H. The van der Waals surface area contributed by atoms with E-state index in [1.807, 2.05) is 31.2 Å². The Bertz CT molecular complexity index is 501. The van der Waals surface area contributed by atoms with Crippen LogP contribution in [0, 0.1) is 0 Å². The number of rotatable bonds is 12. The van der Waals surface area contributed by atoms with Crippen molar-refractivity contribution >= 4 is 29.9 Å². The Morgan fingerprint density at radius 3 is 2.46 bits per heavy atom. The number of nitrogens with one attached hydrogen (secondary N) is 2. The Balaban J connectivity index is 0.00000625. The predicted molar refractivity (Wildman–Crippen MR) is 118 cm³/mol. The topological polar surface area (TPSA) is 64.1 Å². The Morgan fingerprint density at radius 2 is 1.81 bits per heavy atom. The summed E-state index contributed by atoms with van der Waals surface area (Å²) in [5.74, 6) is 2.30. The van der Waals surface area contributed by atoms with Crippen LogP contribution in [0.25, 0.3) is 0 Å². The van der Waals surface area contributed by atoms with E-state index in [2.05, 4.69) is 22.5 Å². The molecule has 0 aliphatic carbocycles. The van der Waals surface area contributed by atoms with E-state index >= 15 is 0 Å². The first-order chi connectivity index (χ1) is 12.2. The summed E-state index contributed by atoms with van der Waals surface area (Å²) in [6.07, 6.45) is 3.29.